The third-order valence-electron chi connectivity index (χ3n) is 4.12. The van der Waals surface area contributed by atoms with Gasteiger partial charge in [0.15, 0.2) is 10.9 Å². The van der Waals surface area contributed by atoms with E-state index in [0.29, 0.717) is 17.0 Å². The van der Waals surface area contributed by atoms with Crippen LogP contribution in [0.5, 0.6) is 0 Å². The van der Waals surface area contributed by atoms with E-state index in [0.717, 1.165) is 11.3 Å². The molecule has 144 valence electrons. The Hall–Kier alpha value is -3.85. The Morgan fingerprint density at radius 1 is 1.14 bits per heavy atom. The van der Waals surface area contributed by atoms with Gasteiger partial charge in [-0.15, -0.1) is 0 Å². The van der Waals surface area contributed by atoms with Gasteiger partial charge in [-0.25, -0.2) is 4.98 Å². The molecular formula is C20H14N4O4S. The smallest absolute Gasteiger partial charge is 0.257 e. The minimum atomic E-state index is -0.379. The van der Waals surface area contributed by atoms with Gasteiger partial charge in [0.05, 0.1) is 6.26 Å². The van der Waals surface area contributed by atoms with Crippen LogP contribution in [0, 0.1) is 0 Å². The molecule has 0 atom stereocenters. The molecule has 0 aliphatic rings. The van der Waals surface area contributed by atoms with Crippen molar-refractivity contribution in [2.75, 3.05) is 5.32 Å². The molecule has 0 unspecified atom stereocenters. The molecule has 8 nitrogen and oxygen atoms in total. The third-order valence-corrected chi connectivity index (χ3v) is 5.09. The second-order valence-electron chi connectivity index (χ2n) is 6.06. The summed E-state index contributed by atoms with van der Waals surface area (Å²) in [4.78, 5) is 45.9. The number of rotatable bonds is 5. The fraction of sp³-hybridized carbons (Fsp3) is 0.0500. The van der Waals surface area contributed by atoms with Gasteiger partial charge >= 0.3 is 0 Å². The van der Waals surface area contributed by atoms with Crippen molar-refractivity contribution in [2.24, 2.45) is 7.05 Å². The molecule has 4 rings (SSSR count). The summed E-state index contributed by atoms with van der Waals surface area (Å²) in [6.07, 6.45) is 6.01. The Morgan fingerprint density at radius 2 is 1.93 bits per heavy atom. The minimum absolute atomic E-state index is 0.233. The largest absolute Gasteiger partial charge is 0.463 e. The van der Waals surface area contributed by atoms with E-state index in [1.165, 1.54) is 35.5 Å². The van der Waals surface area contributed by atoms with Crippen molar-refractivity contribution >= 4 is 28.2 Å². The average molecular weight is 406 g/mol. The first kappa shape index (κ1) is 18.5. The van der Waals surface area contributed by atoms with E-state index < -0.39 is 0 Å². The molecular weight excluding hydrogens is 392 g/mol. The van der Waals surface area contributed by atoms with E-state index in [1.54, 1.807) is 37.4 Å². The number of amides is 1. The molecule has 9 heteroatoms. The molecule has 4 heterocycles. The summed E-state index contributed by atoms with van der Waals surface area (Å²) in [5.74, 6) is -0.367. The van der Waals surface area contributed by atoms with E-state index in [-0.39, 0.29) is 32.8 Å². The maximum absolute atomic E-state index is 13.1. The number of nitrogens with one attached hydrogen (secondary N) is 1. The van der Waals surface area contributed by atoms with Crippen LogP contribution in [0.15, 0.2) is 70.5 Å². The summed E-state index contributed by atoms with van der Waals surface area (Å²) in [6.45, 7) is 0. The molecule has 0 spiro atoms. The lowest BCUT2D eigenvalue weighted by Gasteiger charge is -2.01. The lowest BCUT2D eigenvalue weighted by atomic mass is 10.1. The molecule has 29 heavy (non-hydrogen) atoms. The second kappa shape index (κ2) is 7.64. The summed E-state index contributed by atoms with van der Waals surface area (Å²) in [7, 11) is 1.60. The predicted molar refractivity (Wildman–Crippen MR) is 107 cm³/mol. The number of furan rings is 1. The molecule has 1 amide bonds. The van der Waals surface area contributed by atoms with Crippen LogP contribution in [0.25, 0.3) is 11.5 Å². The van der Waals surface area contributed by atoms with E-state index in [4.69, 9.17) is 4.42 Å². The summed E-state index contributed by atoms with van der Waals surface area (Å²) in [5, 5.41) is 2.93. The van der Waals surface area contributed by atoms with Crippen LogP contribution in [-0.4, -0.2) is 26.2 Å². The van der Waals surface area contributed by atoms with Gasteiger partial charge in [-0.05, 0) is 30.3 Å². The maximum atomic E-state index is 13.1. The molecule has 4 aromatic heterocycles. The molecule has 1 N–H and O–H groups in total. The van der Waals surface area contributed by atoms with Crippen molar-refractivity contribution < 1.29 is 14.0 Å². The number of nitrogens with zero attached hydrogens (tertiary/aromatic N) is 3. The van der Waals surface area contributed by atoms with Crippen molar-refractivity contribution in [1.29, 1.82) is 0 Å². The predicted octanol–water partition coefficient (Wildman–Crippen LogP) is 2.98. The molecule has 0 radical (unpaired) electrons. The number of carbonyl (C=O) groups excluding carboxylic acids is 2. The Kier molecular flexibility index (Phi) is 4.88. The first-order valence-corrected chi connectivity index (χ1v) is 9.32. The lowest BCUT2D eigenvalue weighted by molar-refractivity contribution is 0.102. The fourth-order valence-electron chi connectivity index (χ4n) is 2.60. The number of pyridine rings is 2. The topological polar surface area (TPSA) is 107 Å². The highest BCUT2D eigenvalue weighted by Crippen LogP contribution is 2.33. The quantitative estimate of drug-likeness (QED) is 0.511. The number of thiazole rings is 1. The van der Waals surface area contributed by atoms with Crippen LogP contribution < -0.4 is 10.9 Å². The zero-order valence-corrected chi connectivity index (χ0v) is 16.0. The third kappa shape index (κ3) is 3.76. The Labute approximate surface area is 168 Å². The van der Waals surface area contributed by atoms with E-state index >= 15 is 0 Å². The first-order chi connectivity index (χ1) is 14.0. The van der Waals surface area contributed by atoms with Gasteiger partial charge in [0, 0.05) is 42.8 Å². The number of anilines is 1. The molecule has 4 aromatic rings. The first-order valence-electron chi connectivity index (χ1n) is 8.50. The molecule has 0 aromatic carbocycles. The SMILES string of the molecule is Cn1ccc(C(=O)c2sc(NC(=O)c3ccncc3)nc2-c2ccco2)cc1=O. The summed E-state index contributed by atoms with van der Waals surface area (Å²) in [5.41, 5.74) is 0.646. The van der Waals surface area contributed by atoms with Gasteiger partial charge in [0.1, 0.15) is 10.6 Å². The highest BCUT2D eigenvalue weighted by atomic mass is 32.1. The van der Waals surface area contributed by atoms with E-state index in [2.05, 4.69) is 15.3 Å². The lowest BCUT2D eigenvalue weighted by Crippen LogP contribution is -2.17. The molecule has 0 bridgehead atoms. The summed E-state index contributed by atoms with van der Waals surface area (Å²) >= 11 is 1.02. The maximum Gasteiger partial charge on any atom is 0.257 e. The van der Waals surface area contributed by atoms with Crippen LogP contribution in [0.2, 0.25) is 0 Å². The molecule has 0 aliphatic heterocycles. The number of hydrogen-bond donors (Lipinski definition) is 1. The number of aromatic nitrogens is 3. The standard InChI is InChI=1S/C20H14N4O4S/c1-24-9-6-13(11-15(24)25)17(26)18-16(14-3-2-10-28-14)22-20(29-18)23-19(27)12-4-7-21-8-5-12/h2-11H,1H3,(H,22,23,27). The molecule has 0 saturated heterocycles. The Morgan fingerprint density at radius 3 is 2.62 bits per heavy atom. The monoisotopic (exact) mass is 406 g/mol. The van der Waals surface area contributed by atoms with E-state index in [9.17, 15) is 14.4 Å². The second-order valence-corrected chi connectivity index (χ2v) is 7.06. The van der Waals surface area contributed by atoms with Crippen LogP contribution in [0.3, 0.4) is 0 Å². The summed E-state index contributed by atoms with van der Waals surface area (Å²) in [6, 6.07) is 9.32. The van der Waals surface area contributed by atoms with Gasteiger partial charge in [-0.1, -0.05) is 11.3 Å². The highest BCUT2D eigenvalue weighted by molar-refractivity contribution is 7.18. The van der Waals surface area contributed by atoms with Gasteiger partial charge in [0.25, 0.3) is 11.5 Å². The zero-order chi connectivity index (χ0) is 20.4. The van der Waals surface area contributed by atoms with Crippen molar-refractivity contribution in [1.82, 2.24) is 14.5 Å². The van der Waals surface area contributed by atoms with E-state index in [1.807, 2.05) is 0 Å². The van der Waals surface area contributed by atoms with Gasteiger partial charge in [-0.3, -0.25) is 24.7 Å². The van der Waals surface area contributed by atoms with Crippen LogP contribution in [0.1, 0.15) is 25.6 Å². The zero-order valence-electron chi connectivity index (χ0n) is 15.2. The minimum Gasteiger partial charge on any atom is -0.463 e. The Bertz CT molecular complexity index is 1240. The van der Waals surface area contributed by atoms with Crippen molar-refractivity contribution in [2.45, 2.75) is 0 Å². The highest BCUT2D eigenvalue weighted by Gasteiger charge is 2.23. The van der Waals surface area contributed by atoms with Crippen LogP contribution >= 0.6 is 11.3 Å². The number of hydrogen-bond acceptors (Lipinski definition) is 7. The van der Waals surface area contributed by atoms with Crippen LogP contribution in [-0.2, 0) is 7.05 Å². The Balaban J connectivity index is 1.72. The molecule has 0 saturated carbocycles. The fourth-order valence-corrected chi connectivity index (χ4v) is 3.53. The molecule has 0 aliphatic carbocycles. The van der Waals surface area contributed by atoms with Crippen molar-refractivity contribution in [3.63, 3.8) is 0 Å². The number of aryl methyl sites for hydroxylation is 1. The van der Waals surface area contributed by atoms with Crippen LogP contribution in [0.4, 0.5) is 5.13 Å². The number of carbonyl (C=O) groups is 2. The van der Waals surface area contributed by atoms with Gasteiger partial charge < -0.3 is 8.98 Å². The van der Waals surface area contributed by atoms with Crippen molar-refractivity contribution in [3.05, 3.63) is 87.6 Å². The van der Waals surface area contributed by atoms with Gasteiger partial charge in [-0.2, -0.15) is 0 Å². The van der Waals surface area contributed by atoms with Crippen molar-refractivity contribution in [3.8, 4) is 11.5 Å². The summed E-state index contributed by atoms with van der Waals surface area (Å²) < 4.78 is 6.77. The average Bonchev–Trinajstić information content (AvgIpc) is 3.40. The normalized spacial score (nSPS) is 10.7. The molecule has 0 fully saturated rings. The number of ketones is 1. The van der Waals surface area contributed by atoms with Gasteiger partial charge in [0.2, 0.25) is 5.78 Å².